The summed E-state index contributed by atoms with van der Waals surface area (Å²) in [5.41, 5.74) is 1.63. The molecule has 1 aromatic heterocycles. The van der Waals surface area contributed by atoms with Gasteiger partial charge in [-0.3, -0.25) is 20.0 Å². The molecule has 1 heterocycles. The second kappa shape index (κ2) is 7.24. The molecule has 2 aromatic carbocycles. The van der Waals surface area contributed by atoms with Gasteiger partial charge in [-0.2, -0.15) is 5.10 Å². The van der Waals surface area contributed by atoms with E-state index in [1.165, 1.54) is 25.3 Å². The van der Waals surface area contributed by atoms with E-state index in [-0.39, 0.29) is 22.8 Å². The largest absolute Gasteiger partial charge is 0.496 e. The minimum Gasteiger partial charge on any atom is -0.496 e. The summed E-state index contributed by atoms with van der Waals surface area (Å²) in [6, 6.07) is 12.6. The van der Waals surface area contributed by atoms with Crippen molar-refractivity contribution in [1.82, 2.24) is 10.2 Å². The third-order valence-electron chi connectivity index (χ3n) is 3.56. The molecule has 0 fully saturated rings. The lowest BCUT2D eigenvalue weighted by atomic mass is 10.1. The van der Waals surface area contributed by atoms with E-state index in [4.69, 9.17) is 16.3 Å². The molecule has 0 unspecified atom stereocenters. The first-order chi connectivity index (χ1) is 12.5. The first-order valence-electron chi connectivity index (χ1n) is 7.42. The second-order valence-electron chi connectivity index (χ2n) is 5.30. The lowest BCUT2D eigenvalue weighted by molar-refractivity contribution is -0.384. The van der Waals surface area contributed by atoms with Crippen LogP contribution in [0.3, 0.4) is 0 Å². The van der Waals surface area contributed by atoms with Crippen molar-refractivity contribution in [2.75, 3.05) is 12.4 Å². The predicted molar refractivity (Wildman–Crippen MR) is 96.6 cm³/mol. The number of amides is 1. The van der Waals surface area contributed by atoms with E-state index in [1.54, 1.807) is 30.3 Å². The fourth-order valence-electron chi connectivity index (χ4n) is 2.28. The van der Waals surface area contributed by atoms with Gasteiger partial charge in [0.1, 0.15) is 11.4 Å². The molecular weight excluding hydrogens is 360 g/mol. The van der Waals surface area contributed by atoms with Gasteiger partial charge in [0.05, 0.1) is 29.5 Å². The summed E-state index contributed by atoms with van der Waals surface area (Å²) in [5, 5.41) is 20.9. The molecule has 2 N–H and O–H groups in total. The Bertz CT molecular complexity index is 969. The Kier molecular flexibility index (Phi) is 4.85. The van der Waals surface area contributed by atoms with Crippen LogP contribution in [0.4, 0.5) is 11.4 Å². The Balaban J connectivity index is 1.81. The highest BCUT2D eigenvalue weighted by Crippen LogP contribution is 2.26. The first kappa shape index (κ1) is 17.4. The molecule has 0 atom stereocenters. The van der Waals surface area contributed by atoms with Gasteiger partial charge in [-0.05, 0) is 18.2 Å². The van der Waals surface area contributed by atoms with Gasteiger partial charge in [-0.1, -0.05) is 23.7 Å². The van der Waals surface area contributed by atoms with Crippen molar-refractivity contribution < 1.29 is 14.5 Å². The molecule has 0 aliphatic rings. The van der Waals surface area contributed by atoms with Gasteiger partial charge in [0.25, 0.3) is 11.6 Å². The Hall–Kier alpha value is -3.39. The highest BCUT2D eigenvalue weighted by molar-refractivity contribution is 6.30. The molecule has 3 aromatic rings. The maximum Gasteiger partial charge on any atom is 0.275 e. The van der Waals surface area contributed by atoms with Crippen molar-refractivity contribution in [3.05, 3.63) is 69.4 Å². The number of benzene rings is 2. The van der Waals surface area contributed by atoms with Gasteiger partial charge >= 0.3 is 0 Å². The zero-order valence-corrected chi connectivity index (χ0v) is 14.3. The van der Waals surface area contributed by atoms with Crippen LogP contribution in [0.2, 0.25) is 5.02 Å². The van der Waals surface area contributed by atoms with Gasteiger partial charge in [-0.15, -0.1) is 0 Å². The van der Waals surface area contributed by atoms with Crippen LogP contribution in [0.1, 0.15) is 10.5 Å². The zero-order valence-electron chi connectivity index (χ0n) is 13.5. The summed E-state index contributed by atoms with van der Waals surface area (Å²) in [5.74, 6) is -0.221. The van der Waals surface area contributed by atoms with Crippen molar-refractivity contribution in [1.29, 1.82) is 0 Å². The standard InChI is InChI=1S/C17H13ClN4O4/c1-26-14-7-12(6-13(8-14)22(24)25)19-17(23)16-9-15(20-21-16)10-2-4-11(18)5-3-10/h2-9H,1H3,(H,19,23)(H,20,21). The van der Waals surface area contributed by atoms with Crippen LogP contribution in [0, 0.1) is 10.1 Å². The van der Waals surface area contributed by atoms with Crippen LogP contribution < -0.4 is 10.1 Å². The number of nitrogens with one attached hydrogen (secondary N) is 2. The molecule has 0 saturated heterocycles. The average Bonchev–Trinajstić information content (AvgIpc) is 3.12. The van der Waals surface area contributed by atoms with Gasteiger partial charge in [0.15, 0.2) is 0 Å². The predicted octanol–water partition coefficient (Wildman–Crippen LogP) is 3.90. The zero-order chi connectivity index (χ0) is 18.7. The number of aromatic amines is 1. The Morgan fingerprint density at radius 1 is 1.23 bits per heavy atom. The number of hydrogen-bond acceptors (Lipinski definition) is 5. The van der Waals surface area contributed by atoms with Crippen molar-refractivity contribution in [2.45, 2.75) is 0 Å². The molecule has 1 amide bonds. The summed E-state index contributed by atoms with van der Waals surface area (Å²) in [7, 11) is 1.39. The Morgan fingerprint density at radius 2 is 1.96 bits per heavy atom. The second-order valence-corrected chi connectivity index (χ2v) is 5.74. The molecule has 0 saturated carbocycles. The third-order valence-corrected chi connectivity index (χ3v) is 3.81. The number of hydrogen-bond donors (Lipinski definition) is 2. The Morgan fingerprint density at radius 3 is 2.62 bits per heavy atom. The number of nitro benzene ring substituents is 1. The van der Waals surface area contributed by atoms with Crippen LogP contribution in [0.15, 0.2) is 48.5 Å². The number of carbonyl (C=O) groups is 1. The van der Waals surface area contributed by atoms with Crippen LogP contribution in [0.5, 0.6) is 5.75 Å². The number of nitrogens with zero attached hydrogens (tertiary/aromatic N) is 2. The Labute approximate surface area is 152 Å². The van der Waals surface area contributed by atoms with E-state index >= 15 is 0 Å². The lowest BCUT2D eigenvalue weighted by Crippen LogP contribution is -2.12. The summed E-state index contributed by atoms with van der Waals surface area (Å²) in [6.07, 6.45) is 0. The maximum absolute atomic E-state index is 12.4. The van der Waals surface area contributed by atoms with Crippen LogP contribution in [0.25, 0.3) is 11.3 Å². The number of methoxy groups -OCH3 is 1. The van der Waals surface area contributed by atoms with Gasteiger partial charge in [-0.25, -0.2) is 0 Å². The number of halogens is 1. The highest BCUT2D eigenvalue weighted by Gasteiger charge is 2.15. The molecular formula is C17H13ClN4O4. The number of anilines is 1. The molecule has 9 heteroatoms. The maximum atomic E-state index is 12.4. The van der Waals surface area contributed by atoms with Crippen molar-refractivity contribution in [3.8, 4) is 17.0 Å². The van der Waals surface area contributed by atoms with Gasteiger partial charge in [0, 0.05) is 22.7 Å². The van der Waals surface area contributed by atoms with E-state index in [9.17, 15) is 14.9 Å². The van der Waals surface area contributed by atoms with E-state index in [0.29, 0.717) is 10.7 Å². The van der Waals surface area contributed by atoms with E-state index in [0.717, 1.165) is 5.56 Å². The monoisotopic (exact) mass is 372 g/mol. The number of nitro groups is 1. The fourth-order valence-corrected chi connectivity index (χ4v) is 2.41. The normalized spacial score (nSPS) is 10.4. The quantitative estimate of drug-likeness (QED) is 0.521. The number of non-ortho nitro benzene ring substituents is 1. The van der Waals surface area contributed by atoms with E-state index in [1.807, 2.05) is 0 Å². The third kappa shape index (κ3) is 3.81. The summed E-state index contributed by atoms with van der Waals surface area (Å²) in [4.78, 5) is 22.8. The van der Waals surface area contributed by atoms with Crippen molar-refractivity contribution in [3.63, 3.8) is 0 Å². The van der Waals surface area contributed by atoms with Crippen LogP contribution in [-0.2, 0) is 0 Å². The minimum absolute atomic E-state index is 0.189. The average molecular weight is 373 g/mol. The highest BCUT2D eigenvalue weighted by atomic mass is 35.5. The molecule has 0 bridgehead atoms. The van der Waals surface area contributed by atoms with E-state index in [2.05, 4.69) is 15.5 Å². The molecule has 8 nitrogen and oxygen atoms in total. The van der Waals surface area contributed by atoms with Crippen LogP contribution in [-0.4, -0.2) is 28.1 Å². The van der Waals surface area contributed by atoms with Crippen LogP contribution >= 0.6 is 11.6 Å². The number of H-pyrrole nitrogens is 1. The number of rotatable bonds is 5. The topological polar surface area (TPSA) is 110 Å². The van der Waals surface area contributed by atoms with Crippen molar-refractivity contribution >= 4 is 28.9 Å². The van der Waals surface area contributed by atoms with Gasteiger partial charge in [0.2, 0.25) is 0 Å². The molecule has 132 valence electrons. The summed E-state index contributed by atoms with van der Waals surface area (Å²) < 4.78 is 5.02. The molecule has 0 aliphatic carbocycles. The SMILES string of the molecule is COc1cc(NC(=O)c2cc(-c3ccc(Cl)cc3)n[nH]2)cc([N+](=O)[O-])c1. The first-order valence-corrected chi connectivity index (χ1v) is 7.80. The molecule has 0 radical (unpaired) electrons. The molecule has 0 spiro atoms. The molecule has 3 rings (SSSR count). The van der Waals surface area contributed by atoms with Crippen molar-refractivity contribution in [2.24, 2.45) is 0 Å². The van der Waals surface area contributed by atoms with E-state index < -0.39 is 10.8 Å². The van der Waals surface area contributed by atoms with Gasteiger partial charge < -0.3 is 10.1 Å². The smallest absolute Gasteiger partial charge is 0.275 e. The summed E-state index contributed by atoms with van der Waals surface area (Å²) >= 11 is 5.85. The lowest BCUT2D eigenvalue weighted by Gasteiger charge is -2.06. The minimum atomic E-state index is -0.562. The molecule has 0 aliphatic heterocycles. The number of aromatic nitrogens is 2. The fraction of sp³-hybridized carbons (Fsp3) is 0.0588. The molecule has 26 heavy (non-hydrogen) atoms. The number of carbonyl (C=O) groups excluding carboxylic acids is 1. The summed E-state index contributed by atoms with van der Waals surface area (Å²) in [6.45, 7) is 0. The number of ether oxygens (including phenoxy) is 1.